The van der Waals surface area contributed by atoms with Gasteiger partial charge in [0, 0.05) is 23.3 Å². The average molecular weight is 270 g/mol. The number of pyridine rings is 1. The number of fused-ring (bicyclic) bond motifs is 1. The van der Waals surface area contributed by atoms with E-state index in [1.807, 2.05) is 0 Å². The largest absolute Gasteiger partial charge is 0.384 e. The van der Waals surface area contributed by atoms with E-state index in [0.717, 1.165) is 24.2 Å². The fourth-order valence-corrected chi connectivity index (χ4v) is 2.80. The van der Waals surface area contributed by atoms with Gasteiger partial charge in [0.25, 0.3) is 0 Å². The molecule has 0 aliphatic rings. The molecule has 2 nitrogen and oxygen atoms in total. The van der Waals surface area contributed by atoms with Crippen molar-refractivity contribution in [2.24, 2.45) is 0 Å². The molecule has 0 spiro atoms. The summed E-state index contributed by atoms with van der Waals surface area (Å²) in [6.07, 6.45) is 2.19. The molecule has 2 aromatic rings. The fraction of sp³-hybridized carbons (Fsp3) is 0.500. The number of nitrogens with zero attached hydrogens (tertiary/aromatic N) is 1. The molecular formula is C18H26N2. The number of nitrogens with one attached hydrogen (secondary N) is 1. The van der Waals surface area contributed by atoms with Gasteiger partial charge in [-0.25, -0.2) is 0 Å². The maximum absolute atomic E-state index is 4.78. The lowest BCUT2D eigenvalue weighted by Crippen LogP contribution is -2.05. The minimum Gasteiger partial charge on any atom is -0.384 e. The second kappa shape index (κ2) is 6.25. The Morgan fingerprint density at radius 2 is 1.95 bits per heavy atom. The van der Waals surface area contributed by atoms with Crippen LogP contribution in [-0.2, 0) is 6.42 Å². The summed E-state index contributed by atoms with van der Waals surface area (Å²) >= 11 is 0. The summed E-state index contributed by atoms with van der Waals surface area (Å²) in [6, 6.07) is 6.72. The molecule has 0 saturated heterocycles. The highest BCUT2D eigenvalue weighted by Gasteiger charge is 2.12. The van der Waals surface area contributed by atoms with E-state index < -0.39 is 0 Å². The molecule has 1 aromatic carbocycles. The van der Waals surface area contributed by atoms with Gasteiger partial charge in [0.2, 0.25) is 0 Å². The Morgan fingerprint density at radius 1 is 1.20 bits per heavy atom. The number of benzene rings is 1. The van der Waals surface area contributed by atoms with Crippen LogP contribution in [0.3, 0.4) is 0 Å². The summed E-state index contributed by atoms with van der Waals surface area (Å²) in [7, 11) is 0. The molecule has 1 N–H and O–H groups in total. The van der Waals surface area contributed by atoms with E-state index in [1.54, 1.807) is 0 Å². The van der Waals surface area contributed by atoms with Gasteiger partial charge in [0.1, 0.15) is 0 Å². The molecule has 20 heavy (non-hydrogen) atoms. The standard InChI is InChI=1S/C18H26N2/c1-6-12(4)14-9-10-17-16(11-14)18(19-8-3)15(7-2)13(5)20-17/h9-12H,6-8H2,1-5H3,(H,19,20). The molecule has 1 aromatic heterocycles. The first kappa shape index (κ1) is 14.8. The van der Waals surface area contributed by atoms with Crippen LogP contribution >= 0.6 is 0 Å². The van der Waals surface area contributed by atoms with Gasteiger partial charge >= 0.3 is 0 Å². The third kappa shape index (κ3) is 2.65. The third-order valence-electron chi connectivity index (χ3n) is 4.21. The van der Waals surface area contributed by atoms with E-state index >= 15 is 0 Å². The molecule has 108 valence electrons. The van der Waals surface area contributed by atoms with Crippen LogP contribution in [0.25, 0.3) is 10.9 Å². The fourth-order valence-electron chi connectivity index (χ4n) is 2.80. The number of hydrogen-bond donors (Lipinski definition) is 1. The molecule has 0 aliphatic heterocycles. The highest BCUT2D eigenvalue weighted by molar-refractivity contribution is 5.94. The lowest BCUT2D eigenvalue weighted by Gasteiger charge is -2.17. The summed E-state index contributed by atoms with van der Waals surface area (Å²) in [5, 5.41) is 4.83. The molecule has 0 bridgehead atoms. The Bertz CT molecular complexity index is 602. The van der Waals surface area contributed by atoms with Gasteiger partial charge in [-0.05, 0) is 55.9 Å². The van der Waals surface area contributed by atoms with Crippen molar-refractivity contribution in [3.8, 4) is 0 Å². The van der Waals surface area contributed by atoms with Gasteiger partial charge in [-0.15, -0.1) is 0 Å². The van der Waals surface area contributed by atoms with Crippen molar-refractivity contribution in [3.63, 3.8) is 0 Å². The Balaban J connectivity index is 2.70. The minimum absolute atomic E-state index is 0.597. The quantitative estimate of drug-likeness (QED) is 0.822. The number of aromatic nitrogens is 1. The SMILES string of the molecule is CCNc1c(CC)c(C)nc2ccc(C(C)CC)cc12. The summed E-state index contributed by atoms with van der Waals surface area (Å²) in [5.41, 5.74) is 6.28. The van der Waals surface area contributed by atoms with Crippen LogP contribution in [0.15, 0.2) is 18.2 Å². The van der Waals surface area contributed by atoms with Gasteiger partial charge in [-0.3, -0.25) is 4.98 Å². The van der Waals surface area contributed by atoms with Crippen LogP contribution in [-0.4, -0.2) is 11.5 Å². The van der Waals surface area contributed by atoms with Gasteiger partial charge in [0.05, 0.1) is 5.52 Å². The second-order valence-electron chi connectivity index (χ2n) is 5.52. The number of hydrogen-bond acceptors (Lipinski definition) is 2. The van der Waals surface area contributed by atoms with Crippen LogP contribution in [0, 0.1) is 6.92 Å². The van der Waals surface area contributed by atoms with E-state index in [0.29, 0.717) is 5.92 Å². The molecule has 0 radical (unpaired) electrons. The molecule has 1 unspecified atom stereocenters. The summed E-state index contributed by atoms with van der Waals surface area (Å²) < 4.78 is 0. The predicted molar refractivity (Wildman–Crippen MR) is 88.7 cm³/mol. The normalized spacial score (nSPS) is 12.7. The van der Waals surface area contributed by atoms with Crippen molar-refractivity contribution in [3.05, 3.63) is 35.0 Å². The van der Waals surface area contributed by atoms with E-state index in [4.69, 9.17) is 4.98 Å². The van der Waals surface area contributed by atoms with Crippen LogP contribution in [0.5, 0.6) is 0 Å². The number of aryl methyl sites for hydroxylation is 1. The molecule has 0 saturated carbocycles. The molecule has 2 heteroatoms. The van der Waals surface area contributed by atoms with Crippen LogP contribution in [0.1, 0.15) is 56.9 Å². The minimum atomic E-state index is 0.597. The third-order valence-corrected chi connectivity index (χ3v) is 4.21. The zero-order valence-electron chi connectivity index (χ0n) is 13.4. The molecule has 2 rings (SSSR count). The molecular weight excluding hydrogens is 244 g/mol. The van der Waals surface area contributed by atoms with Crippen LogP contribution in [0.4, 0.5) is 5.69 Å². The van der Waals surface area contributed by atoms with Crippen LogP contribution < -0.4 is 5.32 Å². The maximum atomic E-state index is 4.78. The average Bonchev–Trinajstić information content (AvgIpc) is 2.46. The molecule has 0 fully saturated rings. The molecule has 0 aliphatic carbocycles. The number of rotatable bonds is 5. The monoisotopic (exact) mass is 270 g/mol. The Labute approximate surface area is 122 Å². The van der Waals surface area contributed by atoms with E-state index in [2.05, 4.69) is 58.1 Å². The second-order valence-corrected chi connectivity index (χ2v) is 5.52. The Morgan fingerprint density at radius 3 is 2.55 bits per heavy atom. The first-order chi connectivity index (χ1) is 9.62. The topological polar surface area (TPSA) is 24.9 Å². The highest BCUT2D eigenvalue weighted by Crippen LogP contribution is 2.31. The van der Waals surface area contributed by atoms with Gasteiger partial charge in [-0.2, -0.15) is 0 Å². The van der Waals surface area contributed by atoms with E-state index in [9.17, 15) is 0 Å². The summed E-state index contributed by atoms with van der Waals surface area (Å²) in [4.78, 5) is 4.78. The van der Waals surface area contributed by atoms with Gasteiger partial charge < -0.3 is 5.32 Å². The first-order valence-corrected chi connectivity index (χ1v) is 7.79. The lowest BCUT2D eigenvalue weighted by molar-refractivity contribution is 0.734. The smallest absolute Gasteiger partial charge is 0.0726 e. The van der Waals surface area contributed by atoms with E-state index in [-0.39, 0.29) is 0 Å². The first-order valence-electron chi connectivity index (χ1n) is 7.79. The zero-order chi connectivity index (χ0) is 14.7. The predicted octanol–water partition coefficient (Wildman–Crippen LogP) is 5.05. The van der Waals surface area contributed by atoms with Crippen molar-refractivity contribution >= 4 is 16.6 Å². The maximum Gasteiger partial charge on any atom is 0.0726 e. The highest BCUT2D eigenvalue weighted by atomic mass is 14.9. The molecule has 1 atom stereocenters. The van der Waals surface area contributed by atoms with Gasteiger partial charge in [0.15, 0.2) is 0 Å². The Hall–Kier alpha value is -1.57. The van der Waals surface area contributed by atoms with Gasteiger partial charge in [-0.1, -0.05) is 26.8 Å². The molecule has 1 heterocycles. The molecule has 0 amide bonds. The Kier molecular flexibility index (Phi) is 4.64. The van der Waals surface area contributed by atoms with E-state index in [1.165, 1.54) is 28.6 Å². The summed E-state index contributed by atoms with van der Waals surface area (Å²) in [6.45, 7) is 11.9. The van der Waals surface area contributed by atoms with Crippen molar-refractivity contribution < 1.29 is 0 Å². The summed E-state index contributed by atoms with van der Waals surface area (Å²) in [5.74, 6) is 0.597. The van der Waals surface area contributed by atoms with Crippen LogP contribution in [0.2, 0.25) is 0 Å². The van der Waals surface area contributed by atoms with Crippen molar-refractivity contribution in [2.45, 2.75) is 53.4 Å². The lowest BCUT2D eigenvalue weighted by atomic mass is 9.95. The van der Waals surface area contributed by atoms with Crippen molar-refractivity contribution in [2.75, 3.05) is 11.9 Å². The van der Waals surface area contributed by atoms with Crippen molar-refractivity contribution in [1.82, 2.24) is 4.98 Å². The zero-order valence-corrected chi connectivity index (χ0v) is 13.4. The number of anilines is 1. The van der Waals surface area contributed by atoms with Crippen molar-refractivity contribution in [1.29, 1.82) is 0 Å².